The smallest absolute Gasteiger partial charge is 0.161 e. The van der Waals surface area contributed by atoms with Gasteiger partial charge in [0.1, 0.15) is 6.61 Å². The Hall–Kier alpha value is -1.26. The van der Waals surface area contributed by atoms with Gasteiger partial charge in [0.25, 0.3) is 0 Å². The van der Waals surface area contributed by atoms with Crippen molar-refractivity contribution in [2.75, 3.05) is 34.4 Å². The largest absolute Gasteiger partial charge is 0.493 e. The second-order valence-electron chi connectivity index (χ2n) is 3.84. The fourth-order valence-corrected chi connectivity index (χ4v) is 1.30. The van der Waals surface area contributed by atoms with E-state index in [1.807, 2.05) is 32.3 Å². The Morgan fingerprint density at radius 3 is 2.56 bits per heavy atom. The molecule has 4 nitrogen and oxygen atoms in total. The molecule has 0 amide bonds. The highest BCUT2D eigenvalue weighted by Gasteiger charge is 2.05. The Bertz CT molecular complexity index is 327. The predicted octanol–water partition coefficient (Wildman–Crippen LogP) is 1.09. The van der Waals surface area contributed by atoms with E-state index in [1.165, 1.54) is 0 Å². The molecule has 0 unspecified atom stereocenters. The molecule has 1 aromatic rings. The molecular formula is C12H20N2O2. The first-order valence-corrected chi connectivity index (χ1v) is 5.32. The molecule has 16 heavy (non-hydrogen) atoms. The van der Waals surface area contributed by atoms with Gasteiger partial charge in [0, 0.05) is 13.1 Å². The molecule has 2 N–H and O–H groups in total. The fourth-order valence-electron chi connectivity index (χ4n) is 1.30. The maximum absolute atomic E-state index is 5.66. The number of nitrogens with two attached hydrogens (primary N) is 1. The Morgan fingerprint density at radius 1 is 1.25 bits per heavy atom. The summed E-state index contributed by atoms with van der Waals surface area (Å²) in [5, 5.41) is 0. The van der Waals surface area contributed by atoms with Crippen molar-refractivity contribution < 1.29 is 9.47 Å². The Balaban J connectivity index is 2.67. The first-order chi connectivity index (χ1) is 7.67. The quantitative estimate of drug-likeness (QED) is 0.786. The van der Waals surface area contributed by atoms with Crippen LogP contribution in [0.15, 0.2) is 18.2 Å². The number of ether oxygens (including phenoxy) is 2. The van der Waals surface area contributed by atoms with Gasteiger partial charge in [0.2, 0.25) is 0 Å². The SMILES string of the molecule is COc1ccc(CN)cc1OCCN(C)C. The molecule has 0 atom stereocenters. The topological polar surface area (TPSA) is 47.7 Å². The average molecular weight is 224 g/mol. The monoisotopic (exact) mass is 224 g/mol. The molecule has 0 fully saturated rings. The highest BCUT2D eigenvalue weighted by Crippen LogP contribution is 2.27. The minimum Gasteiger partial charge on any atom is -0.493 e. The van der Waals surface area contributed by atoms with Crippen molar-refractivity contribution >= 4 is 0 Å². The van der Waals surface area contributed by atoms with Gasteiger partial charge >= 0.3 is 0 Å². The highest BCUT2D eigenvalue weighted by molar-refractivity contribution is 5.42. The number of likely N-dealkylation sites (N-methyl/N-ethyl adjacent to an activating group) is 1. The predicted molar refractivity (Wildman–Crippen MR) is 64.9 cm³/mol. The van der Waals surface area contributed by atoms with Gasteiger partial charge in [0.15, 0.2) is 11.5 Å². The van der Waals surface area contributed by atoms with Crippen molar-refractivity contribution in [3.8, 4) is 11.5 Å². The molecule has 0 radical (unpaired) electrons. The molecule has 0 saturated carbocycles. The number of methoxy groups -OCH3 is 1. The second-order valence-corrected chi connectivity index (χ2v) is 3.84. The number of hydrogen-bond acceptors (Lipinski definition) is 4. The van der Waals surface area contributed by atoms with Gasteiger partial charge in [-0.3, -0.25) is 0 Å². The number of benzene rings is 1. The maximum atomic E-state index is 5.66. The van der Waals surface area contributed by atoms with Gasteiger partial charge in [0.05, 0.1) is 7.11 Å². The Kier molecular flexibility index (Phi) is 5.08. The lowest BCUT2D eigenvalue weighted by Crippen LogP contribution is -2.19. The molecule has 0 aliphatic rings. The Morgan fingerprint density at radius 2 is 2.00 bits per heavy atom. The van der Waals surface area contributed by atoms with Crippen LogP contribution >= 0.6 is 0 Å². The molecule has 0 spiro atoms. The lowest BCUT2D eigenvalue weighted by molar-refractivity contribution is 0.250. The molecule has 0 aliphatic carbocycles. The minimum absolute atomic E-state index is 0.508. The average Bonchev–Trinajstić information content (AvgIpc) is 2.28. The van der Waals surface area contributed by atoms with Crippen molar-refractivity contribution in [3.63, 3.8) is 0 Å². The molecular weight excluding hydrogens is 204 g/mol. The molecule has 0 aromatic heterocycles. The summed E-state index contributed by atoms with van der Waals surface area (Å²) in [5.41, 5.74) is 6.62. The van der Waals surface area contributed by atoms with Crippen molar-refractivity contribution in [1.29, 1.82) is 0 Å². The summed E-state index contributed by atoms with van der Waals surface area (Å²) in [6.45, 7) is 2.02. The summed E-state index contributed by atoms with van der Waals surface area (Å²) in [4.78, 5) is 2.07. The molecule has 0 heterocycles. The van der Waals surface area contributed by atoms with Gasteiger partial charge in [-0.2, -0.15) is 0 Å². The standard InChI is InChI=1S/C12H20N2O2/c1-14(2)6-7-16-12-8-10(9-13)4-5-11(12)15-3/h4-5,8H,6-7,9,13H2,1-3H3. The van der Waals surface area contributed by atoms with Gasteiger partial charge in [-0.1, -0.05) is 6.07 Å². The molecule has 90 valence electrons. The third kappa shape index (κ3) is 3.72. The van der Waals surface area contributed by atoms with Crippen molar-refractivity contribution in [2.24, 2.45) is 5.73 Å². The minimum atomic E-state index is 0.508. The van der Waals surface area contributed by atoms with E-state index in [0.717, 1.165) is 23.6 Å². The highest BCUT2D eigenvalue weighted by atomic mass is 16.5. The third-order valence-electron chi connectivity index (χ3n) is 2.26. The summed E-state index contributed by atoms with van der Waals surface area (Å²) < 4.78 is 10.9. The van der Waals surface area contributed by atoms with Crippen LogP contribution in [-0.2, 0) is 6.54 Å². The lowest BCUT2D eigenvalue weighted by Gasteiger charge is -2.14. The van der Waals surface area contributed by atoms with Crippen molar-refractivity contribution in [1.82, 2.24) is 4.90 Å². The molecule has 0 bridgehead atoms. The zero-order chi connectivity index (χ0) is 12.0. The maximum Gasteiger partial charge on any atom is 0.161 e. The van der Waals surface area contributed by atoms with Crippen LogP contribution in [0, 0.1) is 0 Å². The number of nitrogens with zero attached hydrogens (tertiary/aromatic N) is 1. The lowest BCUT2D eigenvalue weighted by atomic mass is 10.2. The van der Waals surface area contributed by atoms with E-state index < -0.39 is 0 Å². The zero-order valence-electron chi connectivity index (χ0n) is 10.2. The van der Waals surface area contributed by atoms with E-state index >= 15 is 0 Å². The summed E-state index contributed by atoms with van der Waals surface area (Å²) in [6.07, 6.45) is 0. The van der Waals surface area contributed by atoms with Gasteiger partial charge in [-0.15, -0.1) is 0 Å². The van der Waals surface area contributed by atoms with E-state index in [2.05, 4.69) is 4.90 Å². The molecule has 1 rings (SSSR count). The zero-order valence-corrected chi connectivity index (χ0v) is 10.2. The van der Waals surface area contributed by atoms with Crippen LogP contribution in [0.1, 0.15) is 5.56 Å². The van der Waals surface area contributed by atoms with E-state index in [9.17, 15) is 0 Å². The van der Waals surface area contributed by atoms with Crippen LogP contribution in [0.5, 0.6) is 11.5 Å². The van der Waals surface area contributed by atoms with Crippen LogP contribution < -0.4 is 15.2 Å². The third-order valence-corrected chi connectivity index (χ3v) is 2.26. The number of hydrogen-bond donors (Lipinski definition) is 1. The van der Waals surface area contributed by atoms with Crippen LogP contribution in [0.3, 0.4) is 0 Å². The van der Waals surface area contributed by atoms with Crippen LogP contribution in [0.4, 0.5) is 0 Å². The van der Waals surface area contributed by atoms with Crippen molar-refractivity contribution in [3.05, 3.63) is 23.8 Å². The van der Waals surface area contributed by atoms with E-state index in [4.69, 9.17) is 15.2 Å². The fraction of sp³-hybridized carbons (Fsp3) is 0.500. The van der Waals surface area contributed by atoms with E-state index in [-0.39, 0.29) is 0 Å². The van der Waals surface area contributed by atoms with Gasteiger partial charge in [-0.05, 0) is 31.8 Å². The summed E-state index contributed by atoms with van der Waals surface area (Å²) in [5.74, 6) is 1.50. The molecule has 1 aromatic carbocycles. The van der Waals surface area contributed by atoms with Crippen LogP contribution in [0.2, 0.25) is 0 Å². The summed E-state index contributed by atoms with van der Waals surface area (Å²) in [7, 11) is 5.66. The van der Waals surface area contributed by atoms with Crippen molar-refractivity contribution in [2.45, 2.75) is 6.54 Å². The molecule has 4 heteroatoms. The normalized spacial score (nSPS) is 10.6. The molecule has 0 saturated heterocycles. The second kappa shape index (κ2) is 6.35. The summed E-state index contributed by atoms with van der Waals surface area (Å²) >= 11 is 0. The van der Waals surface area contributed by atoms with Crippen LogP contribution in [-0.4, -0.2) is 39.3 Å². The number of rotatable bonds is 6. The Labute approximate surface area is 96.9 Å². The van der Waals surface area contributed by atoms with Gasteiger partial charge < -0.3 is 20.1 Å². The van der Waals surface area contributed by atoms with E-state index in [0.29, 0.717) is 13.2 Å². The summed E-state index contributed by atoms with van der Waals surface area (Å²) in [6, 6.07) is 5.75. The van der Waals surface area contributed by atoms with Gasteiger partial charge in [-0.25, -0.2) is 0 Å². The molecule has 0 aliphatic heterocycles. The van der Waals surface area contributed by atoms with Crippen LogP contribution in [0.25, 0.3) is 0 Å². The van der Waals surface area contributed by atoms with E-state index in [1.54, 1.807) is 7.11 Å². The first-order valence-electron chi connectivity index (χ1n) is 5.32. The first kappa shape index (κ1) is 12.8.